The van der Waals surface area contributed by atoms with Crippen LogP contribution in [0.3, 0.4) is 0 Å². The molecule has 1 aliphatic rings. The monoisotopic (exact) mass is 297 g/mol. The molecule has 1 aliphatic heterocycles. The molecule has 1 fully saturated rings. The van der Waals surface area contributed by atoms with Gasteiger partial charge in [-0.3, -0.25) is 9.59 Å². The topological polar surface area (TPSA) is 75.4 Å². The minimum absolute atomic E-state index is 0. The molecule has 0 spiro atoms. The van der Waals surface area contributed by atoms with Gasteiger partial charge in [-0.1, -0.05) is 30.3 Å². The van der Waals surface area contributed by atoms with Crippen LogP contribution in [-0.4, -0.2) is 36.3 Å². The molecule has 1 saturated heterocycles. The second kappa shape index (κ2) is 7.26. The molecule has 2 rings (SSSR count). The predicted molar refractivity (Wildman–Crippen MR) is 79.4 cm³/mol. The first-order valence-electron chi connectivity index (χ1n) is 6.40. The van der Waals surface area contributed by atoms with Gasteiger partial charge in [0.25, 0.3) is 0 Å². The zero-order valence-corrected chi connectivity index (χ0v) is 12.2. The smallest absolute Gasteiger partial charge is 0.224 e. The Labute approximate surface area is 124 Å². The molecule has 2 unspecified atom stereocenters. The van der Waals surface area contributed by atoms with Crippen LogP contribution in [0.5, 0.6) is 0 Å². The average Bonchev–Trinajstić information content (AvgIpc) is 2.69. The van der Waals surface area contributed by atoms with Gasteiger partial charge in [0.05, 0.1) is 6.04 Å². The molecule has 1 aromatic rings. The third kappa shape index (κ3) is 4.21. The molecule has 5 nitrogen and oxygen atoms in total. The van der Waals surface area contributed by atoms with Gasteiger partial charge in [0.1, 0.15) is 0 Å². The van der Waals surface area contributed by atoms with E-state index in [4.69, 9.17) is 5.73 Å². The summed E-state index contributed by atoms with van der Waals surface area (Å²) in [7, 11) is 1.74. The number of nitrogens with zero attached hydrogens (tertiary/aromatic N) is 1. The van der Waals surface area contributed by atoms with Crippen LogP contribution >= 0.6 is 12.4 Å². The summed E-state index contributed by atoms with van der Waals surface area (Å²) in [5.41, 5.74) is 6.93. The molecular weight excluding hydrogens is 278 g/mol. The number of hydrogen-bond acceptors (Lipinski definition) is 3. The number of hydrogen-bond donors (Lipinski definition) is 2. The summed E-state index contributed by atoms with van der Waals surface area (Å²) in [6.45, 7) is 0.575. The van der Waals surface area contributed by atoms with Crippen molar-refractivity contribution in [1.82, 2.24) is 10.2 Å². The predicted octanol–water partition coefficient (Wildman–Crippen LogP) is 0.845. The van der Waals surface area contributed by atoms with Crippen molar-refractivity contribution in [3.05, 3.63) is 35.9 Å². The lowest BCUT2D eigenvalue weighted by Crippen LogP contribution is -2.37. The van der Waals surface area contributed by atoms with Crippen molar-refractivity contribution in [1.29, 1.82) is 0 Å². The Kier molecular flexibility index (Phi) is 5.98. The Hall–Kier alpha value is -1.59. The maximum Gasteiger partial charge on any atom is 0.224 e. The Morgan fingerprint density at radius 1 is 1.45 bits per heavy atom. The highest BCUT2D eigenvalue weighted by molar-refractivity contribution is 5.85. The van der Waals surface area contributed by atoms with Gasteiger partial charge >= 0.3 is 0 Å². The van der Waals surface area contributed by atoms with Crippen molar-refractivity contribution in [3.8, 4) is 0 Å². The van der Waals surface area contributed by atoms with Crippen LogP contribution < -0.4 is 11.1 Å². The molecule has 0 saturated carbocycles. The summed E-state index contributed by atoms with van der Waals surface area (Å²) in [5, 5.41) is 2.86. The van der Waals surface area contributed by atoms with E-state index in [1.807, 2.05) is 30.3 Å². The Morgan fingerprint density at radius 2 is 2.10 bits per heavy atom. The maximum absolute atomic E-state index is 11.9. The third-order valence-corrected chi connectivity index (χ3v) is 3.34. The molecule has 0 aliphatic carbocycles. The quantitative estimate of drug-likeness (QED) is 0.865. The Morgan fingerprint density at radius 3 is 2.65 bits per heavy atom. The van der Waals surface area contributed by atoms with E-state index in [1.54, 1.807) is 11.9 Å². The fourth-order valence-electron chi connectivity index (χ4n) is 2.26. The highest BCUT2D eigenvalue weighted by Gasteiger charge is 2.28. The molecule has 0 bridgehead atoms. The van der Waals surface area contributed by atoms with Gasteiger partial charge in [0.15, 0.2) is 0 Å². The van der Waals surface area contributed by atoms with Crippen molar-refractivity contribution in [2.24, 2.45) is 5.73 Å². The zero-order chi connectivity index (χ0) is 13.8. The molecule has 0 aromatic heterocycles. The van der Waals surface area contributed by atoms with Crippen molar-refractivity contribution < 1.29 is 9.59 Å². The van der Waals surface area contributed by atoms with Crippen LogP contribution in [0.4, 0.5) is 0 Å². The van der Waals surface area contributed by atoms with Crippen LogP contribution in [-0.2, 0) is 9.59 Å². The van der Waals surface area contributed by atoms with Gasteiger partial charge in [0, 0.05) is 32.5 Å². The van der Waals surface area contributed by atoms with E-state index in [0.717, 1.165) is 5.56 Å². The van der Waals surface area contributed by atoms with Gasteiger partial charge in [-0.2, -0.15) is 0 Å². The summed E-state index contributed by atoms with van der Waals surface area (Å²) < 4.78 is 0. The normalized spacial score (nSPS) is 19.4. The lowest BCUT2D eigenvalue weighted by molar-refractivity contribution is -0.126. The average molecular weight is 298 g/mol. The number of benzene rings is 1. The van der Waals surface area contributed by atoms with E-state index in [-0.39, 0.29) is 42.7 Å². The molecule has 20 heavy (non-hydrogen) atoms. The number of carbonyl (C=O) groups excluding carboxylic acids is 2. The number of rotatable bonds is 4. The van der Waals surface area contributed by atoms with Gasteiger partial charge in [-0.15, -0.1) is 12.4 Å². The first-order chi connectivity index (χ1) is 9.06. The largest absolute Gasteiger partial charge is 0.351 e. The standard InChI is InChI=1S/C14H19N3O2.ClH/c1-17-9-11(7-14(17)19)16-13(18)8-12(15)10-5-3-2-4-6-10;/h2-6,11-12H,7-9,15H2,1H3,(H,16,18);1H. The number of likely N-dealkylation sites (N-methyl/N-ethyl adjacent to an activating group) is 1. The summed E-state index contributed by atoms with van der Waals surface area (Å²) in [6, 6.07) is 9.13. The van der Waals surface area contributed by atoms with Gasteiger partial charge in [-0.05, 0) is 5.56 Å². The number of nitrogens with two attached hydrogens (primary N) is 1. The molecular formula is C14H20ClN3O2. The van der Waals surface area contributed by atoms with Crippen LogP contribution in [0.2, 0.25) is 0 Å². The first kappa shape index (κ1) is 16.5. The van der Waals surface area contributed by atoms with E-state index in [2.05, 4.69) is 5.32 Å². The van der Waals surface area contributed by atoms with Crippen molar-refractivity contribution >= 4 is 24.2 Å². The third-order valence-electron chi connectivity index (χ3n) is 3.34. The molecule has 2 amide bonds. The highest BCUT2D eigenvalue weighted by atomic mass is 35.5. The summed E-state index contributed by atoms with van der Waals surface area (Å²) >= 11 is 0. The van der Waals surface area contributed by atoms with Gasteiger partial charge < -0.3 is 16.0 Å². The Bertz CT molecular complexity index is 467. The zero-order valence-electron chi connectivity index (χ0n) is 11.4. The van der Waals surface area contributed by atoms with E-state index in [9.17, 15) is 9.59 Å². The second-order valence-electron chi connectivity index (χ2n) is 4.96. The van der Waals surface area contributed by atoms with Gasteiger partial charge in [0.2, 0.25) is 11.8 Å². The fraction of sp³-hybridized carbons (Fsp3) is 0.429. The van der Waals surface area contributed by atoms with Crippen molar-refractivity contribution in [2.45, 2.75) is 24.9 Å². The van der Waals surface area contributed by atoms with E-state index < -0.39 is 0 Å². The highest BCUT2D eigenvalue weighted by Crippen LogP contribution is 2.14. The van der Waals surface area contributed by atoms with Crippen LogP contribution in [0, 0.1) is 0 Å². The lowest BCUT2D eigenvalue weighted by atomic mass is 10.0. The summed E-state index contributed by atoms with van der Waals surface area (Å²) in [4.78, 5) is 24.9. The molecule has 110 valence electrons. The summed E-state index contributed by atoms with van der Waals surface area (Å²) in [5.74, 6) is -0.0397. The molecule has 2 atom stereocenters. The molecule has 3 N–H and O–H groups in total. The molecule has 6 heteroatoms. The minimum Gasteiger partial charge on any atom is -0.351 e. The SMILES string of the molecule is CN1CC(NC(=O)CC(N)c2ccccc2)CC1=O.Cl. The van der Waals surface area contributed by atoms with E-state index in [1.165, 1.54) is 0 Å². The Balaban J connectivity index is 0.00000200. The molecule has 1 aromatic carbocycles. The van der Waals surface area contributed by atoms with Crippen LogP contribution in [0.15, 0.2) is 30.3 Å². The van der Waals surface area contributed by atoms with Crippen molar-refractivity contribution in [2.75, 3.05) is 13.6 Å². The molecule has 1 heterocycles. The molecule has 0 radical (unpaired) electrons. The minimum atomic E-state index is -0.309. The number of carbonyl (C=O) groups is 2. The van der Waals surface area contributed by atoms with E-state index in [0.29, 0.717) is 13.0 Å². The van der Waals surface area contributed by atoms with Crippen LogP contribution in [0.25, 0.3) is 0 Å². The van der Waals surface area contributed by atoms with E-state index >= 15 is 0 Å². The fourth-order valence-corrected chi connectivity index (χ4v) is 2.26. The number of halogens is 1. The maximum atomic E-state index is 11.9. The number of nitrogens with one attached hydrogen (secondary N) is 1. The summed E-state index contributed by atoms with van der Waals surface area (Å²) in [6.07, 6.45) is 0.612. The second-order valence-corrected chi connectivity index (χ2v) is 4.96. The first-order valence-corrected chi connectivity index (χ1v) is 6.40. The lowest BCUT2D eigenvalue weighted by Gasteiger charge is -2.15. The van der Waals surface area contributed by atoms with Gasteiger partial charge in [-0.25, -0.2) is 0 Å². The number of likely N-dealkylation sites (tertiary alicyclic amines) is 1. The van der Waals surface area contributed by atoms with Crippen LogP contribution in [0.1, 0.15) is 24.4 Å². The number of amides is 2. The van der Waals surface area contributed by atoms with Crippen molar-refractivity contribution in [3.63, 3.8) is 0 Å².